The number of hydrogen-bond donors (Lipinski definition) is 1. The molecular weight excluding hydrogens is 174 g/mol. The third kappa shape index (κ3) is 3.44. The lowest BCUT2D eigenvalue weighted by Gasteiger charge is -1.94. The number of nitrogens with two attached hydrogens (primary N) is 1. The molecule has 0 bridgehead atoms. The first-order chi connectivity index (χ1) is 6.72. The molecule has 2 heteroatoms. The maximum absolute atomic E-state index is 11.2. The van der Waals surface area contributed by atoms with Crippen LogP contribution in [0.4, 0.5) is 5.69 Å². The van der Waals surface area contributed by atoms with E-state index in [9.17, 15) is 4.79 Å². The zero-order valence-corrected chi connectivity index (χ0v) is 8.36. The summed E-state index contributed by atoms with van der Waals surface area (Å²) in [7, 11) is 0. The first kappa shape index (κ1) is 10.5. The predicted octanol–water partition coefficient (Wildman–Crippen LogP) is 2.65. The summed E-state index contributed by atoms with van der Waals surface area (Å²) in [6.07, 6.45) is 4.95. The van der Waals surface area contributed by atoms with Crippen LogP contribution in [0.1, 0.15) is 25.3 Å². The zero-order valence-electron chi connectivity index (χ0n) is 8.36. The Balaban J connectivity index is 2.60. The number of hydrogen-bond acceptors (Lipinski definition) is 2. The summed E-state index contributed by atoms with van der Waals surface area (Å²) >= 11 is 0. The molecule has 1 rings (SSSR count). The van der Waals surface area contributed by atoms with Gasteiger partial charge in [-0.05, 0) is 30.2 Å². The second kappa shape index (κ2) is 5.22. The van der Waals surface area contributed by atoms with Gasteiger partial charge >= 0.3 is 0 Å². The fourth-order valence-corrected chi connectivity index (χ4v) is 1.13. The summed E-state index contributed by atoms with van der Waals surface area (Å²) in [4.78, 5) is 11.2. The highest BCUT2D eigenvalue weighted by molar-refractivity contribution is 5.93. The molecule has 0 aliphatic carbocycles. The van der Waals surface area contributed by atoms with Crippen molar-refractivity contribution in [3.63, 3.8) is 0 Å². The van der Waals surface area contributed by atoms with E-state index in [2.05, 4.69) is 0 Å². The van der Waals surface area contributed by atoms with E-state index < -0.39 is 0 Å². The Hall–Kier alpha value is -1.57. The Morgan fingerprint density at radius 2 is 2.00 bits per heavy atom. The Morgan fingerprint density at radius 1 is 1.36 bits per heavy atom. The molecule has 0 aromatic heterocycles. The van der Waals surface area contributed by atoms with Gasteiger partial charge in [-0.25, -0.2) is 0 Å². The fraction of sp³-hybridized carbons (Fsp3) is 0.250. The number of carbonyl (C=O) groups is 1. The van der Waals surface area contributed by atoms with Crippen molar-refractivity contribution in [2.75, 3.05) is 5.73 Å². The van der Waals surface area contributed by atoms with Crippen LogP contribution in [0.5, 0.6) is 0 Å². The minimum Gasteiger partial charge on any atom is -0.399 e. The highest BCUT2D eigenvalue weighted by atomic mass is 16.1. The third-order valence-electron chi connectivity index (χ3n) is 1.89. The van der Waals surface area contributed by atoms with E-state index in [-0.39, 0.29) is 5.78 Å². The Kier molecular flexibility index (Phi) is 3.92. The molecule has 0 aliphatic rings. The lowest BCUT2D eigenvalue weighted by Crippen LogP contribution is -1.89. The molecule has 0 unspecified atom stereocenters. The Bertz CT molecular complexity index is 325. The van der Waals surface area contributed by atoms with Gasteiger partial charge in [-0.1, -0.05) is 25.1 Å². The maximum Gasteiger partial charge on any atom is 0.155 e. The van der Waals surface area contributed by atoms with Crippen LogP contribution in [-0.2, 0) is 4.79 Å². The van der Waals surface area contributed by atoms with Crippen molar-refractivity contribution in [1.82, 2.24) is 0 Å². The summed E-state index contributed by atoms with van der Waals surface area (Å²) in [5.74, 6) is 0.171. The smallest absolute Gasteiger partial charge is 0.155 e. The molecule has 0 aliphatic heterocycles. The average molecular weight is 189 g/mol. The number of ketones is 1. The molecule has 2 nitrogen and oxygen atoms in total. The quantitative estimate of drug-likeness (QED) is 0.584. The Morgan fingerprint density at radius 3 is 2.57 bits per heavy atom. The first-order valence-corrected chi connectivity index (χ1v) is 4.79. The van der Waals surface area contributed by atoms with Crippen LogP contribution in [0.25, 0.3) is 6.08 Å². The number of anilines is 1. The van der Waals surface area contributed by atoms with Gasteiger partial charge < -0.3 is 5.73 Å². The van der Waals surface area contributed by atoms with Crippen molar-refractivity contribution in [3.05, 3.63) is 35.9 Å². The van der Waals surface area contributed by atoms with Gasteiger partial charge in [-0.3, -0.25) is 4.79 Å². The number of benzene rings is 1. The van der Waals surface area contributed by atoms with Gasteiger partial charge in [0.15, 0.2) is 5.78 Å². The van der Waals surface area contributed by atoms with Crippen molar-refractivity contribution >= 4 is 17.5 Å². The standard InChI is InChI=1S/C12H15NO/c1-2-3-12(14)9-6-10-4-7-11(13)8-5-10/h4-9H,2-3,13H2,1H3/b9-6+. The highest BCUT2D eigenvalue weighted by Gasteiger charge is 1.93. The molecule has 0 radical (unpaired) electrons. The fourth-order valence-electron chi connectivity index (χ4n) is 1.13. The second-order valence-electron chi connectivity index (χ2n) is 3.22. The summed E-state index contributed by atoms with van der Waals surface area (Å²) in [6, 6.07) is 7.43. The van der Waals surface area contributed by atoms with Crippen LogP contribution in [0.15, 0.2) is 30.3 Å². The molecular formula is C12H15NO. The normalized spacial score (nSPS) is 10.6. The number of allylic oxidation sites excluding steroid dienone is 1. The van der Waals surface area contributed by atoms with Gasteiger partial charge in [0.2, 0.25) is 0 Å². The monoisotopic (exact) mass is 189 g/mol. The van der Waals surface area contributed by atoms with E-state index in [1.54, 1.807) is 6.08 Å². The van der Waals surface area contributed by atoms with Crippen LogP contribution in [0.3, 0.4) is 0 Å². The van der Waals surface area contributed by atoms with Crippen LogP contribution >= 0.6 is 0 Å². The molecule has 0 atom stereocenters. The first-order valence-electron chi connectivity index (χ1n) is 4.79. The van der Waals surface area contributed by atoms with E-state index in [4.69, 9.17) is 5.73 Å². The van der Waals surface area contributed by atoms with E-state index in [0.717, 1.165) is 17.7 Å². The molecule has 74 valence electrons. The Labute approximate surface area is 84.4 Å². The summed E-state index contributed by atoms with van der Waals surface area (Å²) in [6.45, 7) is 1.99. The van der Waals surface area contributed by atoms with E-state index in [0.29, 0.717) is 6.42 Å². The second-order valence-corrected chi connectivity index (χ2v) is 3.22. The number of nitrogen functional groups attached to an aromatic ring is 1. The SMILES string of the molecule is CCCC(=O)/C=C/c1ccc(N)cc1. The van der Waals surface area contributed by atoms with Crippen molar-refractivity contribution in [3.8, 4) is 0 Å². The topological polar surface area (TPSA) is 43.1 Å². The lowest BCUT2D eigenvalue weighted by atomic mass is 10.1. The van der Waals surface area contributed by atoms with E-state index in [1.165, 1.54) is 0 Å². The molecule has 0 saturated carbocycles. The molecule has 1 aromatic rings. The van der Waals surface area contributed by atoms with Gasteiger partial charge in [0, 0.05) is 12.1 Å². The zero-order chi connectivity index (χ0) is 10.4. The third-order valence-corrected chi connectivity index (χ3v) is 1.89. The lowest BCUT2D eigenvalue weighted by molar-refractivity contribution is -0.114. The largest absolute Gasteiger partial charge is 0.399 e. The molecule has 0 fully saturated rings. The van der Waals surface area contributed by atoms with Gasteiger partial charge in [-0.2, -0.15) is 0 Å². The minimum absolute atomic E-state index is 0.171. The highest BCUT2D eigenvalue weighted by Crippen LogP contribution is 2.07. The summed E-state index contributed by atoms with van der Waals surface area (Å²) in [5, 5.41) is 0. The molecule has 1 aromatic carbocycles. The van der Waals surface area contributed by atoms with Crippen molar-refractivity contribution in [2.24, 2.45) is 0 Å². The number of rotatable bonds is 4. The average Bonchev–Trinajstić information content (AvgIpc) is 2.17. The molecule has 2 N–H and O–H groups in total. The van der Waals surface area contributed by atoms with E-state index >= 15 is 0 Å². The molecule has 0 amide bonds. The summed E-state index contributed by atoms with van der Waals surface area (Å²) in [5.41, 5.74) is 7.28. The van der Waals surface area contributed by atoms with Crippen molar-refractivity contribution in [2.45, 2.75) is 19.8 Å². The van der Waals surface area contributed by atoms with Crippen molar-refractivity contribution in [1.29, 1.82) is 0 Å². The van der Waals surface area contributed by atoms with E-state index in [1.807, 2.05) is 37.3 Å². The van der Waals surface area contributed by atoms with Crippen LogP contribution < -0.4 is 5.73 Å². The van der Waals surface area contributed by atoms with Crippen LogP contribution in [0, 0.1) is 0 Å². The van der Waals surface area contributed by atoms with Gasteiger partial charge in [0.25, 0.3) is 0 Å². The minimum atomic E-state index is 0.171. The van der Waals surface area contributed by atoms with Gasteiger partial charge in [-0.15, -0.1) is 0 Å². The van der Waals surface area contributed by atoms with Gasteiger partial charge in [0.1, 0.15) is 0 Å². The maximum atomic E-state index is 11.2. The molecule has 14 heavy (non-hydrogen) atoms. The summed E-state index contributed by atoms with van der Waals surface area (Å²) < 4.78 is 0. The van der Waals surface area contributed by atoms with Crippen LogP contribution in [-0.4, -0.2) is 5.78 Å². The molecule has 0 spiro atoms. The predicted molar refractivity (Wildman–Crippen MR) is 59.8 cm³/mol. The van der Waals surface area contributed by atoms with Crippen molar-refractivity contribution < 1.29 is 4.79 Å². The van der Waals surface area contributed by atoms with Gasteiger partial charge in [0.05, 0.1) is 0 Å². The molecule has 0 heterocycles. The van der Waals surface area contributed by atoms with Crippen LogP contribution in [0.2, 0.25) is 0 Å². The number of carbonyl (C=O) groups excluding carboxylic acids is 1. The molecule has 0 saturated heterocycles.